The SMILES string of the molecule is CCCn1cc(S(=O)(=O)Nc2nccs2)cc1CNCC. The summed E-state index contributed by atoms with van der Waals surface area (Å²) in [6.07, 6.45) is 4.21. The van der Waals surface area contributed by atoms with Gasteiger partial charge in [-0.2, -0.15) is 0 Å². The van der Waals surface area contributed by atoms with Gasteiger partial charge in [0.1, 0.15) is 4.90 Å². The summed E-state index contributed by atoms with van der Waals surface area (Å²) in [5.41, 5.74) is 0.971. The van der Waals surface area contributed by atoms with Gasteiger partial charge in [-0.25, -0.2) is 13.4 Å². The number of nitrogens with zero attached hydrogens (tertiary/aromatic N) is 2. The van der Waals surface area contributed by atoms with Crippen LogP contribution in [0.2, 0.25) is 0 Å². The highest BCUT2D eigenvalue weighted by molar-refractivity contribution is 7.93. The molecule has 2 rings (SSSR count). The van der Waals surface area contributed by atoms with Crippen molar-refractivity contribution in [1.82, 2.24) is 14.9 Å². The van der Waals surface area contributed by atoms with Crippen LogP contribution in [0.3, 0.4) is 0 Å². The molecule has 2 N–H and O–H groups in total. The van der Waals surface area contributed by atoms with Gasteiger partial charge >= 0.3 is 0 Å². The minimum Gasteiger partial charge on any atom is -0.349 e. The Morgan fingerprint density at radius 3 is 2.81 bits per heavy atom. The second kappa shape index (κ2) is 7.06. The van der Waals surface area contributed by atoms with E-state index in [-0.39, 0.29) is 4.90 Å². The Hall–Kier alpha value is -1.38. The molecule has 2 aromatic heterocycles. The Morgan fingerprint density at radius 2 is 2.19 bits per heavy atom. The molecule has 0 aliphatic rings. The van der Waals surface area contributed by atoms with Gasteiger partial charge in [-0.3, -0.25) is 4.72 Å². The van der Waals surface area contributed by atoms with E-state index in [1.807, 2.05) is 11.5 Å². The normalized spacial score (nSPS) is 11.7. The molecule has 0 saturated carbocycles. The zero-order valence-corrected chi connectivity index (χ0v) is 13.8. The van der Waals surface area contributed by atoms with Crippen LogP contribution in [0.15, 0.2) is 28.7 Å². The molecule has 0 spiro atoms. The molecular weight excluding hydrogens is 308 g/mol. The predicted octanol–water partition coefficient (Wildman–Crippen LogP) is 2.26. The smallest absolute Gasteiger partial charge is 0.265 e. The van der Waals surface area contributed by atoms with Crippen LogP contribution in [0.5, 0.6) is 0 Å². The van der Waals surface area contributed by atoms with Crippen LogP contribution in [0.4, 0.5) is 5.13 Å². The quantitative estimate of drug-likeness (QED) is 0.779. The van der Waals surface area contributed by atoms with Gasteiger partial charge in [-0.15, -0.1) is 11.3 Å². The van der Waals surface area contributed by atoms with Crippen molar-refractivity contribution in [3.8, 4) is 0 Å². The van der Waals surface area contributed by atoms with E-state index in [4.69, 9.17) is 0 Å². The van der Waals surface area contributed by atoms with Crippen molar-refractivity contribution in [2.45, 2.75) is 38.3 Å². The molecule has 0 amide bonds. The Balaban J connectivity index is 2.25. The lowest BCUT2D eigenvalue weighted by Crippen LogP contribution is -2.15. The van der Waals surface area contributed by atoms with E-state index < -0.39 is 10.0 Å². The maximum absolute atomic E-state index is 12.4. The summed E-state index contributed by atoms with van der Waals surface area (Å²) in [7, 11) is -3.58. The van der Waals surface area contributed by atoms with E-state index in [1.54, 1.807) is 23.8 Å². The molecule has 116 valence electrons. The zero-order valence-electron chi connectivity index (χ0n) is 12.2. The average molecular weight is 328 g/mol. The molecule has 0 radical (unpaired) electrons. The van der Waals surface area contributed by atoms with Crippen LogP contribution >= 0.6 is 11.3 Å². The third-order valence-electron chi connectivity index (χ3n) is 2.95. The van der Waals surface area contributed by atoms with Crippen molar-refractivity contribution in [3.63, 3.8) is 0 Å². The molecular formula is C13H20N4O2S2. The molecule has 0 aliphatic heterocycles. The van der Waals surface area contributed by atoms with E-state index in [9.17, 15) is 8.42 Å². The summed E-state index contributed by atoms with van der Waals surface area (Å²) in [6, 6.07) is 1.72. The highest BCUT2D eigenvalue weighted by Gasteiger charge is 2.19. The summed E-state index contributed by atoms with van der Waals surface area (Å²) in [5.74, 6) is 0. The number of thiazole rings is 1. The first-order chi connectivity index (χ1) is 10.1. The van der Waals surface area contributed by atoms with Crippen LogP contribution in [0.25, 0.3) is 0 Å². The highest BCUT2D eigenvalue weighted by Crippen LogP contribution is 2.20. The van der Waals surface area contributed by atoms with Gasteiger partial charge in [0, 0.05) is 36.6 Å². The molecule has 0 fully saturated rings. The van der Waals surface area contributed by atoms with E-state index in [0.29, 0.717) is 11.7 Å². The second-order valence-electron chi connectivity index (χ2n) is 4.58. The van der Waals surface area contributed by atoms with E-state index >= 15 is 0 Å². The van der Waals surface area contributed by atoms with Crippen molar-refractivity contribution >= 4 is 26.5 Å². The first-order valence-electron chi connectivity index (χ1n) is 6.89. The number of hydrogen-bond donors (Lipinski definition) is 2. The van der Waals surface area contributed by atoms with E-state index in [2.05, 4.69) is 21.9 Å². The van der Waals surface area contributed by atoms with Crippen LogP contribution < -0.4 is 10.0 Å². The fraction of sp³-hybridized carbons (Fsp3) is 0.462. The van der Waals surface area contributed by atoms with Crippen molar-refractivity contribution < 1.29 is 8.42 Å². The Bertz CT molecular complexity index is 662. The first kappa shape index (κ1) is 16.0. The number of hydrogen-bond acceptors (Lipinski definition) is 5. The van der Waals surface area contributed by atoms with Gasteiger partial charge in [0.25, 0.3) is 10.0 Å². The minimum atomic E-state index is -3.58. The fourth-order valence-electron chi connectivity index (χ4n) is 1.97. The number of aromatic nitrogens is 2. The number of aryl methyl sites for hydroxylation is 1. The third-order valence-corrected chi connectivity index (χ3v) is 5.07. The van der Waals surface area contributed by atoms with Crippen molar-refractivity contribution in [1.29, 1.82) is 0 Å². The molecule has 8 heteroatoms. The molecule has 2 heterocycles. The lowest BCUT2D eigenvalue weighted by atomic mass is 10.4. The Morgan fingerprint density at radius 1 is 1.38 bits per heavy atom. The number of anilines is 1. The van der Waals surface area contributed by atoms with Gasteiger partial charge in [-0.1, -0.05) is 13.8 Å². The lowest BCUT2D eigenvalue weighted by Gasteiger charge is -2.07. The average Bonchev–Trinajstić information content (AvgIpc) is 3.06. The third kappa shape index (κ3) is 4.05. The van der Waals surface area contributed by atoms with Crippen molar-refractivity contribution in [2.75, 3.05) is 11.3 Å². The van der Waals surface area contributed by atoms with E-state index in [1.165, 1.54) is 11.3 Å². The topological polar surface area (TPSA) is 76.0 Å². The molecule has 6 nitrogen and oxygen atoms in total. The fourth-order valence-corrected chi connectivity index (χ4v) is 3.82. The Labute approximate surface area is 129 Å². The van der Waals surface area contributed by atoms with Crippen LogP contribution in [-0.4, -0.2) is 24.5 Å². The largest absolute Gasteiger partial charge is 0.349 e. The molecule has 21 heavy (non-hydrogen) atoms. The molecule has 2 aromatic rings. The zero-order chi connectivity index (χ0) is 15.3. The second-order valence-corrected chi connectivity index (χ2v) is 7.16. The summed E-state index contributed by atoms with van der Waals surface area (Å²) >= 11 is 1.26. The predicted molar refractivity (Wildman–Crippen MR) is 85.0 cm³/mol. The van der Waals surface area contributed by atoms with Gasteiger partial charge in [0.2, 0.25) is 0 Å². The lowest BCUT2D eigenvalue weighted by molar-refractivity contribution is 0.598. The van der Waals surface area contributed by atoms with Gasteiger partial charge < -0.3 is 9.88 Å². The van der Waals surface area contributed by atoms with Crippen molar-refractivity contribution in [2.24, 2.45) is 0 Å². The summed E-state index contributed by atoms with van der Waals surface area (Å²) in [6.45, 7) is 6.39. The first-order valence-corrected chi connectivity index (χ1v) is 9.25. The maximum Gasteiger partial charge on any atom is 0.265 e. The van der Waals surface area contributed by atoms with Gasteiger partial charge in [-0.05, 0) is 19.0 Å². The van der Waals surface area contributed by atoms with Crippen LogP contribution in [0, 0.1) is 0 Å². The monoisotopic (exact) mass is 328 g/mol. The molecule has 0 unspecified atom stereocenters. The van der Waals surface area contributed by atoms with Crippen LogP contribution in [-0.2, 0) is 23.1 Å². The van der Waals surface area contributed by atoms with Crippen molar-refractivity contribution in [3.05, 3.63) is 29.5 Å². The summed E-state index contributed by atoms with van der Waals surface area (Å²) in [4.78, 5) is 4.23. The number of sulfonamides is 1. The number of nitrogens with one attached hydrogen (secondary N) is 2. The summed E-state index contributed by atoms with van der Waals surface area (Å²) < 4.78 is 29.2. The molecule has 0 atom stereocenters. The van der Waals surface area contributed by atoms with Gasteiger partial charge in [0.15, 0.2) is 5.13 Å². The van der Waals surface area contributed by atoms with Gasteiger partial charge in [0.05, 0.1) is 0 Å². The molecule has 0 aromatic carbocycles. The standard InChI is InChI=1S/C13H20N4O2S2/c1-3-6-17-10-12(8-11(17)9-14-4-2)21(18,19)16-13-15-5-7-20-13/h5,7-8,10,14H,3-4,6,9H2,1-2H3,(H,15,16). The minimum absolute atomic E-state index is 0.277. The number of rotatable bonds is 8. The summed E-state index contributed by atoms with van der Waals surface area (Å²) in [5, 5.41) is 5.34. The van der Waals surface area contributed by atoms with E-state index in [0.717, 1.165) is 25.2 Å². The molecule has 0 saturated heterocycles. The maximum atomic E-state index is 12.4. The molecule has 0 bridgehead atoms. The highest BCUT2D eigenvalue weighted by atomic mass is 32.2. The molecule has 0 aliphatic carbocycles. The van der Waals surface area contributed by atoms with Crippen LogP contribution in [0.1, 0.15) is 26.0 Å². The Kier molecular flexibility index (Phi) is 5.38.